The van der Waals surface area contributed by atoms with E-state index in [-0.39, 0.29) is 47.7 Å². The van der Waals surface area contributed by atoms with Crippen molar-refractivity contribution in [2.45, 2.75) is 152 Å². The van der Waals surface area contributed by atoms with Crippen LogP contribution in [0.5, 0.6) is 0 Å². The van der Waals surface area contributed by atoms with Gasteiger partial charge in [-0.1, -0.05) is 57.8 Å². The van der Waals surface area contributed by atoms with Gasteiger partial charge >= 0.3 is 0 Å². The first-order chi connectivity index (χ1) is 22.4. The molecule has 6 aliphatic rings. The van der Waals surface area contributed by atoms with Gasteiger partial charge < -0.3 is 30.3 Å². The number of ether oxygens (including phenoxy) is 2. The molecule has 3 saturated carbocycles. The summed E-state index contributed by atoms with van der Waals surface area (Å²) in [5.74, 6) is 0.169. The molecule has 3 saturated heterocycles. The van der Waals surface area contributed by atoms with Crippen molar-refractivity contribution in [1.82, 2.24) is 20.9 Å². The summed E-state index contributed by atoms with van der Waals surface area (Å²) in [7, 11) is 0. The first-order valence-corrected chi connectivity index (χ1v) is 18.8. The average molecular weight is 643 g/mol. The molecule has 10 nitrogen and oxygen atoms in total. The number of nitrogens with one attached hydrogen (secondary N) is 3. The normalized spacial score (nSPS) is 35.5. The lowest BCUT2D eigenvalue weighted by atomic mass is 9.81. The third kappa shape index (κ3) is 9.03. The van der Waals surface area contributed by atoms with E-state index in [4.69, 9.17) is 9.47 Å². The standard InChI is InChI=1S/C36H58N4O6/c41-33(27-22-45-23-27)38-31-20-25-10-6-12-28(18-25)46-29-13-7-11-26(19-29)21-32(36(44)40-16-4-5-17-40)39-34(42)30(37-35(31)43)15-14-24-8-2-1-3-9-24/h24-32H,1-23H2,(H,37,43)(H,38,41)(H,39,42)/t25?,26?,28?,29?,30-,31-,32-/m0/s1. The van der Waals surface area contributed by atoms with Crippen molar-refractivity contribution >= 4 is 23.6 Å². The highest BCUT2D eigenvalue weighted by Gasteiger charge is 2.38. The van der Waals surface area contributed by atoms with Crippen molar-refractivity contribution in [1.29, 1.82) is 0 Å². The molecular weight excluding hydrogens is 584 g/mol. The van der Waals surface area contributed by atoms with Crippen molar-refractivity contribution in [2.75, 3.05) is 26.3 Å². The maximum Gasteiger partial charge on any atom is 0.245 e. The number of nitrogens with zero attached hydrogens (tertiary/aromatic N) is 1. The summed E-state index contributed by atoms with van der Waals surface area (Å²) in [5.41, 5.74) is 0. The molecule has 6 fully saturated rings. The Hall–Kier alpha value is -2.20. The van der Waals surface area contributed by atoms with Gasteiger partial charge in [0.1, 0.15) is 18.1 Å². The fraction of sp³-hybridized carbons (Fsp3) is 0.889. The van der Waals surface area contributed by atoms with Crippen LogP contribution in [0.4, 0.5) is 0 Å². The molecule has 3 aliphatic heterocycles. The van der Waals surface area contributed by atoms with Crippen LogP contribution in [0.2, 0.25) is 0 Å². The second-order valence-electron chi connectivity index (χ2n) is 15.4. The summed E-state index contributed by atoms with van der Waals surface area (Å²) >= 11 is 0. The summed E-state index contributed by atoms with van der Waals surface area (Å²) in [6.07, 6.45) is 18.9. The fourth-order valence-corrected chi connectivity index (χ4v) is 9.08. The summed E-state index contributed by atoms with van der Waals surface area (Å²) in [6, 6.07) is -2.08. The van der Waals surface area contributed by atoms with Crippen LogP contribution in [0.15, 0.2) is 0 Å². The van der Waals surface area contributed by atoms with E-state index in [1.807, 2.05) is 4.90 Å². The number of rotatable bonds is 6. The van der Waals surface area contributed by atoms with Crippen LogP contribution in [-0.2, 0) is 28.7 Å². The van der Waals surface area contributed by atoms with Gasteiger partial charge in [0.2, 0.25) is 23.6 Å². The number of likely N-dealkylation sites (tertiary alicyclic amines) is 1. The molecule has 0 radical (unpaired) electrons. The predicted octanol–water partition coefficient (Wildman–Crippen LogP) is 4.00. The minimum Gasteiger partial charge on any atom is -0.380 e. The van der Waals surface area contributed by atoms with Gasteiger partial charge in [0.15, 0.2) is 0 Å². The second-order valence-corrected chi connectivity index (χ2v) is 15.4. The smallest absolute Gasteiger partial charge is 0.245 e. The van der Waals surface area contributed by atoms with Crippen LogP contribution >= 0.6 is 0 Å². The van der Waals surface area contributed by atoms with Crippen molar-refractivity contribution < 1.29 is 28.7 Å². The van der Waals surface area contributed by atoms with Gasteiger partial charge in [-0.25, -0.2) is 0 Å². The van der Waals surface area contributed by atoms with E-state index in [1.165, 1.54) is 19.3 Å². The monoisotopic (exact) mass is 642 g/mol. The minimum absolute atomic E-state index is 0.00958. The molecular formula is C36H58N4O6. The Morgan fingerprint density at radius 3 is 2.04 bits per heavy atom. The molecule has 3 aliphatic carbocycles. The first-order valence-electron chi connectivity index (χ1n) is 18.8. The zero-order chi connectivity index (χ0) is 31.9. The van der Waals surface area contributed by atoms with Crippen LogP contribution in [0.1, 0.15) is 122 Å². The highest BCUT2D eigenvalue weighted by atomic mass is 16.5. The zero-order valence-corrected chi connectivity index (χ0v) is 27.9. The molecule has 10 heteroatoms. The predicted molar refractivity (Wildman–Crippen MR) is 174 cm³/mol. The topological polar surface area (TPSA) is 126 Å². The average Bonchev–Trinajstić information content (AvgIpc) is 3.57. The Labute approximate surface area is 275 Å². The second kappa shape index (κ2) is 16.3. The molecule has 0 aromatic heterocycles. The Morgan fingerprint density at radius 2 is 1.39 bits per heavy atom. The lowest BCUT2D eigenvalue weighted by Gasteiger charge is -2.38. The quantitative estimate of drug-likeness (QED) is 0.402. The first kappa shape index (κ1) is 33.7. The molecule has 7 atom stereocenters. The van der Waals surface area contributed by atoms with E-state index in [0.29, 0.717) is 44.3 Å². The Bertz CT molecular complexity index is 1060. The van der Waals surface area contributed by atoms with Crippen LogP contribution in [0.3, 0.4) is 0 Å². The van der Waals surface area contributed by atoms with Gasteiger partial charge in [0, 0.05) is 13.1 Å². The highest BCUT2D eigenvalue weighted by Crippen LogP contribution is 2.36. The van der Waals surface area contributed by atoms with Crippen molar-refractivity contribution in [3.63, 3.8) is 0 Å². The fourth-order valence-electron chi connectivity index (χ4n) is 9.08. The summed E-state index contributed by atoms with van der Waals surface area (Å²) in [4.78, 5) is 57.1. The molecule has 0 spiro atoms. The molecule has 0 aromatic rings. The van der Waals surface area contributed by atoms with E-state index >= 15 is 0 Å². The van der Waals surface area contributed by atoms with E-state index in [2.05, 4.69) is 16.0 Å². The van der Waals surface area contributed by atoms with E-state index < -0.39 is 18.1 Å². The number of hydrogen-bond donors (Lipinski definition) is 3. The number of carbonyl (C=O) groups excluding carboxylic acids is 4. The number of fused-ring (bicyclic) bond motifs is 4. The van der Waals surface area contributed by atoms with Crippen molar-refractivity contribution in [2.24, 2.45) is 23.7 Å². The van der Waals surface area contributed by atoms with Gasteiger partial charge in [-0.15, -0.1) is 0 Å². The van der Waals surface area contributed by atoms with E-state index in [1.54, 1.807) is 0 Å². The molecule has 3 N–H and O–H groups in total. The largest absolute Gasteiger partial charge is 0.380 e. The molecule has 6 rings (SSSR count). The van der Waals surface area contributed by atoms with Gasteiger partial charge in [-0.3, -0.25) is 19.2 Å². The maximum atomic E-state index is 14.2. The third-order valence-electron chi connectivity index (χ3n) is 11.9. The SMILES string of the molecule is O=C(N[C@H]1CC2CCCC(C2)OC2CCCC(C2)C[C@@H](C(=O)N2CCCC2)NC(=O)[C@H](CCC2CCCCC2)NC1=O)C1COC1. The van der Waals surface area contributed by atoms with E-state index in [0.717, 1.165) is 96.6 Å². The molecule has 3 heterocycles. The van der Waals surface area contributed by atoms with Crippen LogP contribution in [-0.4, -0.2) is 85.2 Å². The Morgan fingerprint density at radius 1 is 0.717 bits per heavy atom. The van der Waals surface area contributed by atoms with Gasteiger partial charge in [-0.2, -0.15) is 0 Å². The summed E-state index contributed by atoms with van der Waals surface area (Å²) < 4.78 is 12.0. The van der Waals surface area contributed by atoms with Gasteiger partial charge in [0.25, 0.3) is 0 Å². The number of carbonyl (C=O) groups is 4. The summed E-state index contributed by atoms with van der Waals surface area (Å²) in [6.45, 7) is 2.22. The molecule has 258 valence electrons. The maximum absolute atomic E-state index is 14.2. The van der Waals surface area contributed by atoms with Crippen LogP contribution in [0, 0.1) is 23.7 Å². The van der Waals surface area contributed by atoms with Crippen molar-refractivity contribution in [3.05, 3.63) is 0 Å². The zero-order valence-electron chi connectivity index (χ0n) is 27.9. The molecule has 0 aromatic carbocycles. The Kier molecular flexibility index (Phi) is 11.9. The van der Waals surface area contributed by atoms with Crippen LogP contribution in [0.25, 0.3) is 0 Å². The van der Waals surface area contributed by atoms with Crippen molar-refractivity contribution in [3.8, 4) is 0 Å². The molecule has 46 heavy (non-hydrogen) atoms. The molecule has 4 unspecified atom stereocenters. The van der Waals surface area contributed by atoms with Crippen LogP contribution < -0.4 is 16.0 Å². The lowest BCUT2D eigenvalue weighted by Crippen LogP contribution is -2.58. The number of amides is 4. The molecule has 4 amide bonds. The minimum atomic E-state index is -0.746. The van der Waals surface area contributed by atoms with Gasteiger partial charge in [0.05, 0.1) is 31.3 Å². The summed E-state index contributed by atoms with van der Waals surface area (Å²) in [5, 5.41) is 9.34. The lowest BCUT2D eigenvalue weighted by molar-refractivity contribution is -0.143. The highest BCUT2D eigenvalue weighted by molar-refractivity contribution is 5.94. The number of hydrogen-bond acceptors (Lipinski definition) is 6. The third-order valence-corrected chi connectivity index (χ3v) is 11.9. The molecule has 4 bridgehead atoms. The van der Waals surface area contributed by atoms with Gasteiger partial charge in [-0.05, 0) is 82.0 Å². The van der Waals surface area contributed by atoms with E-state index in [9.17, 15) is 19.2 Å². The Balaban J connectivity index is 1.25.